The van der Waals surface area contributed by atoms with E-state index in [4.69, 9.17) is 4.74 Å². The molecule has 0 spiro atoms. The van der Waals surface area contributed by atoms with Crippen LogP contribution in [0.25, 0.3) is 0 Å². The van der Waals surface area contributed by atoms with Gasteiger partial charge in [-0.2, -0.15) is 0 Å². The maximum atomic E-state index is 5.64. The molecule has 0 radical (unpaired) electrons. The largest absolute Gasteiger partial charge is 0.378 e. The molecule has 1 N–H and O–H groups in total. The van der Waals surface area contributed by atoms with Crippen molar-refractivity contribution in [2.75, 3.05) is 26.2 Å². The number of hydrogen-bond donors (Lipinski definition) is 1. The number of hydrogen-bond acceptors (Lipinski definition) is 3. The van der Waals surface area contributed by atoms with E-state index in [1.54, 1.807) is 0 Å². The molecule has 0 bridgehead atoms. The number of ether oxygens (including phenoxy) is 1. The first-order chi connectivity index (χ1) is 7.86. The first-order valence-electron chi connectivity index (χ1n) is 6.96. The van der Waals surface area contributed by atoms with Gasteiger partial charge in [0, 0.05) is 38.3 Å². The van der Waals surface area contributed by atoms with Crippen LogP contribution in [0.1, 0.15) is 32.6 Å². The van der Waals surface area contributed by atoms with Gasteiger partial charge in [0.05, 0.1) is 6.10 Å². The van der Waals surface area contributed by atoms with E-state index < -0.39 is 0 Å². The molecule has 1 aliphatic heterocycles. The predicted molar refractivity (Wildman–Crippen MR) is 64.5 cm³/mol. The number of nitrogens with one attached hydrogen (secondary N) is 1. The fourth-order valence-corrected chi connectivity index (χ4v) is 3.16. The summed E-state index contributed by atoms with van der Waals surface area (Å²) >= 11 is 0. The predicted octanol–water partition coefficient (Wildman–Crippen LogP) is 1.24. The highest BCUT2D eigenvalue weighted by atomic mass is 16.5. The van der Waals surface area contributed by atoms with Crippen LogP contribution in [0.15, 0.2) is 0 Å². The zero-order valence-corrected chi connectivity index (χ0v) is 10.3. The minimum Gasteiger partial charge on any atom is -0.378 e. The monoisotopic (exact) mass is 224 g/mol. The Kier molecular flexibility index (Phi) is 3.18. The quantitative estimate of drug-likeness (QED) is 0.777. The molecule has 3 aliphatic rings. The van der Waals surface area contributed by atoms with E-state index in [0.717, 1.165) is 24.6 Å². The van der Waals surface area contributed by atoms with Crippen molar-refractivity contribution < 1.29 is 4.74 Å². The molecule has 0 amide bonds. The van der Waals surface area contributed by atoms with Crippen molar-refractivity contribution in [1.29, 1.82) is 0 Å². The maximum absolute atomic E-state index is 5.64. The highest BCUT2D eigenvalue weighted by Gasteiger charge is 2.39. The van der Waals surface area contributed by atoms with Crippen molar-refractivity contribution in [2.45, 2.75) is 50.8 Å². The van der Waals surface area contributed by atoms with Crippen LogP contribution in [-0.4, -0.2) is 49.3 Å². The van der Waals surface area contributed by atoms with E-state index in [0.29, 0.717) is 6.10 Å². The van der Waals surface area contributed by atoms with Crippen molar-refractivity contribution in [2.24, 2.45) is 5.92 Å². The molecule has 0 aromatic heterocycles. The van der Waals surface area contributed by atoms with E-state index in [9.17, 15) is 0 Å². The second-order valence-electron chi connectivity index (χ2n) is 5.60. The summed E-state index contributed by atoms with van der Waals surface area (Å²) in [6, 6.07) is 1.61. The van der Waals surface area contributed by atoms with Crippen LogP contribution >= 0.6 is 0 Å². The van der Waals surface area contributed by atoms with Crippen LogP contribution < -0.4 is 5.32 Å². The third-order valence-electron chi connectivity index (χ3n) is 4.42. The molecule has 1 atom stereocenters. The number of rotatable bonds is 4. The minimum absolute atomic E-state index is 0.560. The summed E-state index contributed by atoms with van der Waals surface area (Å²) in [4.78, 5) is 2.70. The van der Waals surface area contributed by atoms with E-state index in [1.807, 2.05) is 0 Å². The molecule has 92 valence electrons. The molecule has 1 saturated heterocycles. The lowest BCUT2D eigenvalue weighted by Crippen LogP contribution is -2.58. The molecule has 3 nitrogen and oxygen atoms in total. The lowest BCUT2D eigenvalue weighted by molar-refractivity contribution is -0.0529. The van der Waals surface area contributed by atoms with Gasteiger partial charge >= 0.3 is 0 Å². The van der Waals surface area contributed by atoms with Gasteiger partial charge in [-0.3, -0.25) is 4.90 Å². The minimum atomic E-state index is 0.560. The third-order valence-corrected chi connectivity index (χ3v) is 4.42. The van der Waals surface area contributed by atoms with Gasteiger partial charge in [-0.1, -0.05) is 0 Å². The Morgan fingerprint density at radius 2 is 2.12 bits per heavy atom. The standard InChI is InChI=1S/C13H24N2O/c1-2-16-12-7-11(8-12)15-6-5-14-13(9-15)10-3-4-10/h10-14H,2-9H2,1H3. The lowest BCUT2D eigenvalue weighted by atomic mass is 9.87. The Balaban J connectivity index is 1.44. The summed E-state index contributed by atoms with van der Waals surface area (Å²) in [5.41, 5.74) is 0. The molecule has 16 heavy (non-hydrogen) atoms. The van der Waals surface area contributed by atoms with Gasteiger partial charge in [-0.15, -0.1) is 0 Å². The Labute approximate surface area is 98.5 Å². The number of nitrogens with zero attached hydrogens (tertiary/aromatic N) is 1. The van der Waals surface area contributed by atoms with Crippen LogP contribution in [0.4, 0.5) is 0 Å². The van der Waals surface area contributed by atoms with E-state index in [2.05, 4.69) is 17.1 Å². The smallest absolute Gasteiger partial charge is 0.0604 e. The lowest BCUT2D eigenvalue weighted by Gasteiger charge is -2.46. The molecule has 1 unspecified atom stereocenters. The average Bonchev–Trinajstić information content (AvgIpc) is 3.06. The van der Waals surface area contributed by atoms with Crippen molar-refractivity contribution in [1.82, 2.24) is 10.2 Å². The second kappa shape index (κ2) is 4.63. The van der Waals surface area contributed by atoms with E-state index in [1.165, 1.54) is 45.3 Å². The molecule has 0 aromatic carbocycles. The SMILES string of the molecule is CCOC1CC(N2CCNC(C3CC3)C2)C1. The molecule has 0 aromatic rings. The molecule has 1 heterocycles. The summed E-state index contributed by atoms with van der Waals surface area (Å²) in [5.74, 6) is 0.991. The Hall–Kier alpha value is -0.120. The maximum Gasteiger partial charge on any atom is 0.0604 e. The normalized spacial score (nSPS) is 40.7. The van der Waals surface area contributed by atoms with E-state index >= 15 is 0 Å². The Morgan fingerprint density at radius 1 is 1.31 bits per heavy atom. The fourth-order valence-electron chi connectivity index (χ4n) is 3.16. The van der Waals surface area contributed by atoms with Gasteiger partial charge in [0.25, 0.3) is 0 Å². The summed E-state index contributed by atoms with van der Waals surface area (Å²) < 4.78 is 5.64. The van der Waals surface area contributed by atoms with Gasteiger partial charge in [0.15, 0.2) is 0 Å². The molecule has 3 fully saturated rings. The van der Waals surface area contributed by atoms with Gasteiger partial charge < -0.3 is 10.1 Å². The molecule has 2 aliphatic carbocycles. The van der Waals surface area contributed by atoms with Crippen molar-refractivity contribution in [3.05, 3.63) is 0 Å². The van der Waals surface area contributed by atoms with Crippen LogP contribution in [0.2, 0.25) is 0 Å². The highest BCUT2D eigenvalue weighted by molar-refractivity contribution is 4.96. The van der Waals surface area contributed by atoms with Crippen LogP contribution in [-0.2, 0) is 4.74 Å². The molecular weight excluding hydrogens is 200 g/mol. The van der Waals surface area contributed by atoms with Crippen LogP contribution in [0.5, 0.6) is 0 Å². The molecule has 2 saturated carbocycles. The molecular formula is C13H24N2O. The van der Waals surface area contributed by atoms with Gasteiger partial charge in [-0.25, -0.2) is 0 Å². The van der Waals surface area contributed by atoms with Gasteiger partial charge in [-0.05, 0) is 38.5 Å². The van der Waals surface area contributed by atoms with Gasteiger partial charge in [0.1, 0.15) is 0 Å². The summed E-state index contributed by atoms with van der Waals surface area (Å²) in [5, 5.41) is 3.68. The van der Waals surface area contributed by atoms with Crippen molar-refractivity contribution in [3.63, 3.8) is 0 Å². The number of piperazine rings is 1. The highest BCUT2D eigenvalue weighted by Crippen LogP contribution is 2.35. The summed E-state index contributed by atoms with van der Waals surface area (Å²) in [6.45, 7) is 6.70. The Bertz CT molecular complexity index is 236. The Morgan fingerprint density at radius 3 is 2.81 bits per heavy atom. The molecule has 3 rings (SSSR count). The summed E-state index contributed by atoms with van der Waals surface area (Å²) in [6.07, 6.45) is 6.01. The second-order valence-corrected chi connectivity index (χ2v) is 5.60. The molecule has 3 heteroatoms. The van der Waals surface area contributed by atoms with Crippen molar-refractivity contribution in [3.8, 4) is 0 Å². The summed E-state index contributed by atoms with van der Waals surface area (Å²) in [7, 11) is 0. The fraction of sp³-hybridized carbons (Fsp3) is 1.00. The van der Waals surface area contributed by atoms with E-state index in [-0.39, 0.29) is 0 Å². The topological polar surface area (TPSA) is 24.5 Å². The van der Waals surface area contributed by atoms with Crippen molar-refractivity contribution >= 4 is 0 Å². The van der Waals surface area contributed by atoms with Gasteiger partial charge in [0.2, 0.25) is 0 Å². The average molecular weight is 224 g/mol. The zero-order valence-electron chi connectivity index (χ0n) is 10.3. The zero-order chi connectivity index (χ0) is 11.0. The first kappa shape index (κ1) is 11.0. The van der Waals surface area contributed by atoms with Crippen LogP contribution in [0.3, 0.4) is 0 Å². The van der Waals surface area contributed by atoms with Crippen LogP contribution in [0, 0.1) is 5.92 Å². The first-order valence-corrected chi connectivity index (χ1v) is 6.96. The third kappa shape index (κ3) is 2.27.